The summed E-state index contributed by atoms with van der Waals surface area (Å²) in [5.74, 6) is -0.730. The summed E-state index contributed by atoms with van der Waals surface area (Å²) in [7, 11) is 0. The van der Waals surface area contributed by atoms with Gasteiger partial charge in [0.25, 0.3) is 0 Å². The summed E-state index contributed by atoms with van der Waals surface area (Å²) in [6.45, 7) is 6.24. The normalized spacial score (nSPS) is 18.9. The van der Waals surface area contributed by atoms with Gasteiger partial charge in [-0.2, -0.15) is 0 Å². The van der Waals surface area contributed by atoms with Crippen molar-refractivity contribution in [2.24, 2.45) is 0 Å². The van der Waals surface area contributed by atoms with Crippen molar-refractivity contribution in [2.75, 3.05) is 32.4 Å². The van der Waals surface area contributed by atoms with E-state index in [2.05, 4.69) is 35.4 Å². The second kappa shape index (κ2) is 7.11. The van der Waals surface area contributed by atoms with Crippen LogP contribution in [0.3, 0.4) is 0 Å². The second-order valence-corrected chi connectivity index (χ2v) is 6.05. The average molecular weight is 294 g/mol. The van der Waals surface area contributed by atoms with Crippen LogP contribution in [0.25, 0.3) is 0 Å². The predicted molar refractivity (Wildman–Crippen MR) is 82.2 cm³/mol. The number of rotatable bonds is 5. The largest absolute Gasteiger partial charge is 0.480 e. The lowest BCUT2D eigenvalue weighted by atomic mass is 10.2. The number of carboxylic acids is 1. The maximum atomic E-state index is 11.0. The SMILES string of the molecule is CSc1ccc(CN2CCN(C(C)C(=O)O)CC2)cc1. The van der Waals surface area contributed by atoms with Gasteiger partial charge in [-0.1, -0.05) is 12.1 Å². The van der Waals surface area contributed by atoms with E-state index in [1.807, 2.05) is 4.90 Å². The molecule has 1 aromatic rings. The molecule has 0 saturated carbocycles. The molecule has 1 N–H and O–H groups in total. The highest BCUT2D eigenvalue weighted by atomic mass is 32.2. The fraction of sp³-hybridized carbons (Fsp3) is 0.533. The first-order chi connectivity index (χ1) is 9.60. The van der Waals surface area contributed by atoms with Crippen molar-refractivity contribution in [1.29, 1.82) is 0 Å². The zero-order valence-corrected chi connectivity index (χ0v) is 12.9. The molecule has 0 radical (unpaired) electrons. The zero-order chi connectivity index (χ0) is 14.5. The molecule has 4 nitrogen and oxygen atoms in total. The number of nitrogens with zero attached hydrogens (tertiary/aromatic N) is 2. The summed E-state index contributed by atoms with van der Waals surface area (Å²) in [4.78, 5) is 16.7. The number of hydrogen-bond donors (Lipinski definition) is 1. The quantitative estimate of drug-likeness (QED) is 0.842. The van der Waals surface area contributed by atoms with E-state index in [0.717, 1.165) is 32.7 Å². The van der Waals surface area contributed by atoms with Crippen LogP contribution in [0.15, 0.2) is 29.2 Å². The Morgan fingerprint density at radius 1 is 1.25 bits per heavy atom. The lowest BCUT2D eigenvalue weighted by Crippen LogP contribution is -2.51. The number of hydrogen-bond acceptors (Lipinski definition) is 4. The molecular formula is C15H22N2O2S. The molecule has 20 heavy (non-hydrogen) atoms. The van der Waals surface area contributed by atoms with E-state index < -0.39 is 5.97 Å². The molecule has 1 aliphatic rings. The lowest BCUT2D eigenvalue weighted by molar-refractivity contribution is -0.143. The highest BCUT2D eigenvalue weighted by molar-refractivity contribution is 7.98. The molecule has 2 rings (SSSR count). The van der Waals surface area contributed by atoms with E-state index in [-0.39, 0.29) is 6.04 Å². The van der Waals surface area contributed by atoms with E-state index >= 15 is 0 Å². The fourth-order valence-electron chi connectivity index (χ4n) is 2.45. The number of aliphatic carboxylic acids is 1. The minimum atomic E-state index is -0.730. The Hall–Kier alpha value is -1.04. The molecule has 110 valence electrons. The Balaban J connectivity index is 1.83. The maximum Gasteiger partial charge on any atom is 0.320 e. The minimum Gasteiger partial charge on any atom is -0.480 e. The smallest absolute Gasteiger partial charge is 0.320 e. The third kappa shape index (κ3) is 3.98. The van der Waals surface area contributed by atoms with Crippen molar-refractivity contribution in [3.63, 3.8) is 0 Å². The molecule has 1 heterocycles. The molecule has 0 amide bonds. The van der Waals surface area contributed by atoms with Gasteiger partial charge in [-0.05, 0) is 30.9 Å². The number of carbonyl (C=O) groups is 1. The van der Waals surface area contributed by atoms with Crippen LogP contribution >= 0.6 is 11.8 Å². The van der Waals surface area contributed by atoms with Crippen molar-refractivity contribution in [2.45, 2.75) is 24.4 Å². The van der Waals surface area contributed by atoms with Gasteiger partial charge in [-0.15, -0.1) is 11.8 Å². The fourth-order valence-corrected chi connectivity index (χ4v) is 2.86. The van der Waals surface area contributed by atoms with Crippen LogP contribution in [0.2, 0.25) is 0 Å². The van der Waals surface area contributed by atoms with Crippen LogP contribution in [0.1, 0.15) is 12.5 Å². The molecule has 0 aromatic heterocycles. The Kier molecular flexibility index (Phi) is 5.46. The number of carboxylic acid groups (broad SMARTS) is 1. The van der Waals surface area contributed by atoms with Crippen LogP contribution in [-0.4, -0.2) is 59.4 Å². The van der Waals surface area contributed by atoms with Gasteiger partial charge in [-0.3, -0.25) is 14.6 Å². The van der Waals surface area contributed by atoms with Gasteiger partial charge in [0.15, 0.2) is 0 Å². The van der Waals surface area contributed by atoms with E-state index in [1.165, 1.54) is 10.5 Å². The summed E-state index contributed by atoms with van der Waals surface area (Å²) < 4.78 is 0. The van der Waals surface area contributed by atoms with E-state index in [1.54, 1.807) is 18.7 Å². The van der Waals surface area contributed by atoms with Crippen molar-refractivity contribution < 1.29 is 9.90 Å². The van der Waals surface area contributed by atoms with Crippen molar-refractivity contribution in [3.05, 3.63) is 29.8 Å². The minimum absolute atomic E-state index is 0.377. The van der Waals surface area contributed by atoms with Crippen LogP contribution in [0.5, 0.6) is 0 Å². The van der Waals surface area contributed by atoms with E-state index in [0.29, 0.717) is 0 Å². The van der Waals surface area contributed by atoms with Crippen LogP contribution < -0.4 is 0 Å². The molecule has 1 aromatic carbocycles. The molecule has 0 bridgehead atoms. The molecule has 1 fully saturated rings. The maximum absolute atomic E-state index is 11.0. The third-order valence-electron chi connectivity index (χ3n) is 3.88. The number of benzene rings is 1. The van der Waals surface area contributed by atoms with Crippen molar-refractivity contribution in [3.8, 4) is 0 Å². The molecule has 5 heteroatoms. The zero-order valence-electron chi connectivity index (χ0n) is 12.1. The Morgan fingerprint density at radius 2 is 1.85 bits per heavy atom. The summed E-state index contributed by atoms with van der Waals surface area (Å²) in [6, 6.07) is 8.29. The number of piperazine rings is 1. The summed E-state index contributed by atoms with van der Waals surface area (Å²) >= 11 is 1.75. The summed E-state index contributed by atoms with van der Waals surface area (Å²) in [5.41, 5.74) is 1.32. The monoisotopic (exact) mass is 294 g/mol. The Bertz CT molecular complexity index is 442. The standard InChI is InChI=1S/C15H22N2O2S/c1-12(15(18)19)17-9-7-16(8-10-17)11-13-3-5-14(20-2)6-4-13/h3-6,12H,7-11H2,1-2H3,(H,18,19). The van der Waals surface area contributed by atoms with Crippen LogP contribution in [0, 0.1) is 0 Å². The lowest BCUT2D eigenvalue weighted by Gasteiger charge is -2.36. The molecule has 0 spiro atoms. The van der Waals surface area contributed by atoms with Gasteiger partial charge >= 0.3 is 5.97 Å². The topological polar surface area (TPSA) is 43.8 Å². The molecule has 1 atom stereocenters. The van der Waals surface area contributed by atoms with Crippen molar-refractivity contribution in [1.82, 2.24) is 9.80 Å². The van der Waals surface area contributed by atoms with Gasteiger partial charge in [0, 0.05) is 37.6 Å². The Labute approximate surface area is 124 Å². The van der Waals surface area contributed by atoms with E-state index in [4.69, 9.17) is 5.11 Å². The van der Waals surface area contributed by atoms with Crippen LogP contribution in [0.4, 0.5) is 0 Å². The second-order valence-electron chi connectivity index (χ2n) is 5.17. The van der Waals surface area contributed by atoms with E-state index in [9.17, 15) is 4.79 Å². The van der Waals surface area contributed by atoms with Crippen LogP contribution in [-0.2, 0) is 11.3 Å². The first-order valence-electron chi connectivity index (χ1n) is 6.92. The Morgan fingerprint density at radius 3 is 2.35 bits per heavy atom. The van der Waals surface area contributed by atoms with Gasteiger partial charge in [0.2, 0.25) is 0 Å². The van der Waals surface area contributed by atoms with Gasteiger partial charge in [0.1, 0.15) is 6.04 Å². The average Bonchev–Trinajstić information content (AvgIpc) is 2.48. The molecule has 1 unspecified atom stereocenters. The predicted octanol–water partition coefficient (Wildman–Crippen LogP) is 2.00. The molecule has 1 aliphatic heterocycles. The summed E-state index contributed by atoms with van der Waals surface area (Å²) in [6.07, 6.45) is 2.08. The molecule has 0 aliphatic carbocycles. The van der Waals surface area contributed by atoms with Gasteiger partial charge < -0.3 is 5.11 Å². The summed E-state index contributed by atoms with van der Waals surface area (Å²) in [5, 5.41) is 9.03. The highest BCUT2D eigenvalue weighted by Gasteiger charge is 2.24. The van der Waals surface area contributed by atoms with Crippen molar-refractivity contribution >= 4 is 17.7 Å². The first kappa shape index (κ1) is 15.4. The first-order valence-corrected chi connectivity index (χ1v) is 8.15. The number of thioether (sulfide) groups is 1. The van der Waals surface area contributed by atoms with Gasteiger partial charge in [-0.25, -0.2) is 0 Å². The van der Waals surface area contributed by atoms with Gasteiger partial charge in [0.05, 0.1) is 0 Å². The third-order valence-corrected chi connectivity index (χ3v) is 4.62. The highest BCUT2D eigenvalue weighted by Crippen LogP contribution is 2.16. The molecular weight excluding hydrogens is 272 g/mol. The molecule has 1 saturated heterocycles.